The van der Waals surface area contributed by atoms with Gasteiger partial charge in [-0.25, -0.2) is 4.79 Å². The Morgan fingerprint density at radius 1 is 1.00 bits per heavy atom. The monoisotopic (exact) mass is 452 g/mol. The summed E-state index contributed by atoms with van der Waals surface area (Å²) in [4.78, 5) is 18.1. The number of pyridine rings is 1. The second-order valence-electron chi connectivity index (χ2n) is 8.04. The summed E-state index contributed by atoms with van der Waals surface area (Å²) in [5, 5.41) is 10.7. The van der Waals surface area contributed by atoms with Gasteiger partial charge in [-0.05, 0) is 62.1 Å². The molecule has 33 heavy (non-hydrogen) atoms. The predicted octanol–water partition coefficient (Wildman–Crippen LogP) is 6.72. The summed E-state index contributed by atoms with van der Waals surface area (Å²) < 4.78 is 17.1. The predicted molar refractivity (Wildman–Crippen MR) is 130 cm³/mol. The van der Waals surface area contributed by atoms with Crippen LogP contribution in [0, 0.1) is 13.8 Å². The molecule has 0 bridgehead atoms. The highest BCUT2D eigenvalue weighted by molar-refractivity contribution is 5.89. The number of benzene rings is 2. The van der Waals surface area contributed by atoms with E-state index in [9.17, 15) is 9.90 Å². The molecule has 1 atom stereocenters. The molecule has 7 heteroatoms. The first-order chi connectivity index (χ1) is 15.8. The Labute approximate surface area is 194 Å². The van der Waals surface area contributed by atoms with E-state index in [2.05, 4.69) is 11.9 Å². The third kappa shape index (κ3) is 4.97. The van der Waals surface area contributed by atoms with Gasteiger partial charge >= 0.3 is 6.09 Å². The maximum atomic E-state index is 12.1. The van der Waals surface area contributed by atoms with Gasteiger partial charge < -0.3 is 19.3 Å². The normalized spacial score (nSPS) is 11.8. The molecule has 3 rings (SSSR count). The van der Waals surface area contributed by atoms with E-state index in [1.807, 2.05) is 45.0 Å². The smallest absolute Gasteiger partial charge is 0.412 e. The van der Waals surface area contributed by atoms with Gasteiger partial charge in [-0.1, -0.05) is 20.3 Å². The lowest BCUT2D eigenvalue weighted by Crippen LogP contribution is -2.39. The molecule has 176 valence electrons. The topological polar surface area (TPSA) is 81.1 Å². The second kappa shape index (κ2) is 10.4. The Morgan fingerprint density at radius 3 is 2.30 bits per heavy atom. The minimum absolute atomic E-state index is 0.0658. The average molecular weight is 453 g/mol. The molecular weight excluding hydrogens is 420 g/mol. The van der Waals surface area contributed by atoms with Crippen LogP contribution in [0.5, 0.6) is 23.0 Å². The van der Waals surface area contributed by atoms with Crippen LogP contribution in [-0.2, 0) is 0 Å². The van der Waals surface area contributed by atoms with Crippen molar-refractivity contribution in [1.29, 1.82) is 0 Å². The second-order valence-corrected chi connectivity index (χ2v) is 8.04. The summed E-state index contributed by atoms with van der Waals surface area (Å²) in [5.74, 6) is 2.47. The molecule has 0 fully saturated rings. The third-order valence-corrected chi connectivity index (χ3v) is 5.84. The van der Waals surface area contributed by atoms with Gasteiger partial charge in [-0.15, -0.1) is 0 Å². The molecule has 1 heterocycles. The van der Waals surface area contributed by atoms with Crippen molar-refractivity contribution in [2.45, 2.75) is 53.0 Å². The number of carboxylic acid groups (broad SMARTS) is 1. The Bertz CT molecular complexity index is 1150. The zero-order valence-electron chi connectivity index (χ0n) is 20.1. The maximum absolute atomic E-state index is 12.1. The van der Waals surface area contributed by atoms with Crippen LogP contribution in [0.15, 0.2) is 36.5 Å². The number of aryl methyl sites for hydroxylation is 2. The Balaban J connectivity index is 2.03. The fraction of sp³-hybridized carbons (Fsp3) is 0.385. The van der Waals surface area contributed by atoms with Crippen LogP contribution < -0.4 is 19.1 Å². The molecule has 0 radical (unpaired) electrons. The molecule has 3 aromatic rings. The molecule has 0 saturated carbocycles. The average Bonchev–Trinajstić information content (AvgIpc) is 2.80. The van der Waals surface area contributed by atoms with Gasteiger partial charge in [0.05, 0.1) is 25.4 Å². The molecule has 2 aromatic carbocycles. The molecule has 0 aliphatic rings. The van der Waals surface area contributed by atoms with E-state index in [4.69, 9.17) is 14.2 Å². The van der Waals surface area contributed by atoms with Crippen LogP contribution in [0.2, 0.25) is 0 Å². The lowest BCUT2D eigenvalue weighted by Gasteiger charge is -2.30. The van der Waals surface area contributed by atoms with E-state index in [1.165, 1.54) is 4.90 Å². The maximum Gasteiger partial charge on any atom is 0.412 e. The lowest BCUT2D eigenvalue weighted by atomic mass is 10.0. The molecule has 1 unspecified atom stereocenters. The third-order valence-electron chi connectivity index (χ3n) is 5.84. The summed E-state index contributed by atoms with van der Waals surface area (Å²) >= 11 is 0. The van der Waals surface area contributed by atoms with Gasteiger partial charge in [0.25, 0.3) is 0 Å². The van der Waals surface area contributed by atoms with Crippen LogP contribution in [0.25, 0.3) is 10.9 Å². The van der Waals surface area contributed by atoms with E-state index in [0.29, 0.717) is 28.7 Å². The molecule has 1 amide bonds. The number of aromatic nitrogens is 1. The van der Waals surface area contributed by atoms with E-state index < -0.39 is 6.09 Å². The summed E-state index contributed by atoms with van der Waals surface area (Å²) in [6, 6.07) is 9.18. The van der Waals surface area contributed by atoms with Crippen LogP contribution in [0.3, 0.4) is 0 Å². The minimum atomic E-state index is -0.937. The number of hydrogen-bond acceptors (Lipinski definition) is 5. The number of fused-ring (bicyclic) bond motifs is 1. The fourth-order valence-electron chi connectivity index (χ4n) is 4.10. The summed E-state index contributed by atoms with van der Waals surface area (Å²) in [7, 11) is 3.17. The number of nitrogens with zero attached hydrogens (tertiary/aromatic N) is 2. The molecule has 0 aliphatic heterocycles. The first-order valence-corrected chi connectivity index (χ1v) is 11.2. The lowest BCUT2D eigenvalue weighted by molar-refractivity contribution is 0.198. The number of anilines is 1. The molecular formula is C26H32N2O5. The molecule has 0 aliphatic carbocycles. The first-order valence-electron chi connectivity index (χ1n) is 11.2. The highest BCUT2D eigenvalue weighted by atomic mass is 16.5. The number of carbonyl (C=O) groups is 1. The molecule has 1 N–H and O–H groups in total. The quantitative estimate of drug-likeness (QED) is 0.388. The van der Waals surface area contributed by atoms with Gasteiger partial charge in [-0.3, -0.25) is 9.88 Å². The SMILES string of the molecule is CCCC(CC)N(C(=O)O)c1cc(C)c(Oc2ccnc3cc(OC)c(OC)cc23)cc1C. The van der Waals surface area contributed by atoms with E-state index in [-0.39, 0.29) is 6.04 Å². The fourth-order valence-corrected chi connectivity index (χ4v) is 4.10. The van der Waals surface area contributed by atoms with Crippen LogP contribution >= 0.6 is 0 Å². The van der Waals surface area contributed by atoms with Gasteiger partial charge in [-0.2, -0.15) is 0 Å². The Morgan fingerprint density at radius 2 is 1.70 bits per heavy atom. The summed E-state index contributed by atoms with van der Waals surface area (Å²) in [6.07, 6.45) is 3.24. The van der Waals surface area contributed by atoms with Crippen molar-refractivity contribution in [3.05, 3.63) is 47.7 Å². The zero-order chi connectivity index (χ0) is 24.1. The number of hydrogen-bond donors (Lipinski definition) is 1. The minimum Gasteiger partial charge on any atom is -0.493 e. The standard InChI is InChI=1S/C26H32N2O5/c1-7-9-18(8-2)28(26(29)30)21-12-17(4)23(13-16(21)3)33-22-10-11-27-20-15-25(32-6)24(31-5)14-19(20)22/h10-15,18H,7-9H2,1-6H3,(H,29,30). The van der Waals surface area contributed by atoms with Gasteiger partial charge in [0, 0.05) is 23.7 Å². The highest BCUT2D eigenvalue weighted by Crippen LogP contribution is 2.39. The molecule has 0 spiro atoms. The molecule has 1 aromatic heterocycles. The van der Waals surface area contributed by atoms with E-state index in [0.717, 1.165) is 41.3 Å². The van der Waals surface area contributed by atoms with Gasteiger partial charge in [0.2, 0.25) is 0 Å². The van der Waals surface area contributed by atoms with Crippen LogP contribution in [0.1, 0.15) is 44.2 Å². The van der Waals surface area contributed by atoms with E-state index >= 15 is 0 Å². The Kier molecular flexibility index (Phi) is 7.63. The molecule has 7 nitrogen and oxygen atoms in total. The van der Waals surface area contributed by atoms with Crippen molar-refractivity contribution >= 4 is 22.7 Å². The van der Waals surface area contributed by atoms with Gasteiger partial charge in [0.1, 0.15) is 11.5 Å². The van der Waals surface area contributed by atoms with Crippen molar-refractivity contribution in [2.24, 2.45) is 0 Å². The van der Waals surface area contributed by atoms with Crippen molar-refractivity contribution in [3.8, 4) is 23.0 Å². The van der Waals surface area contributed by atoms with Gasteiger partial charge in [0.15, 0.2) is 11.5 Å². The van der Waals surface area contributed by atoms with Crippen molar-refractivity contribution in [3.63, 3.8) is 0 Å². The number of rotatable bonds is 9. The Hall–Kier alpha value is -3.48. The number of ether oxygens (including phenoxy) is 3. The summed E-state index contributed by atoms with van der Waals surface area (Å²) in [5.41, 5.74) is 3.10. The largest absolute Gasteiger partial charge is 0.493 e. The summed E-state index contributed by atoms with van der Waals surface area (Å²) in [6.45, 7) is 7.93. The zero-order valence-corrected chi connectivity index (χ0v) is 20.1. The van der Waals surface area contributed by atoms with Crippen molar-refractivity contribution in [2.75, 3.05) is 19.1 Å². The highest BCUT2D eigenvalue weighted by Gasteiger charge is 2.25. The number of amides is 1. The number of methoxy groups -OCH3 is 2. The van der Waals surface area contributed by atoms with Crippen molar-refractivity contribution < 1.29 is 24.1 Å². The van der Waals surface area contributed by atoms with Crippen molar-refractivity contribution in [1.82, 2.24) is 4.98 Å². The molecule has 0 saturated heterocycles. The first kappa shape index (κ1) is 24.2. The van der Waals surface area contributed by atoms with Crippen LogP contribution in [0.4, 0.5) is 10.5 Å². The van der Waals surface area contributed by atoms with E-state index in [1.54, 1.807) is 26.5 Å². The van der Waals surface area contributed by atoms with Crippen LogP contribution in [-0.4, -0.2) is 36.4 Å².